The van der Waals surface area contributed by atoms with E-state index in [4.69, 9.17) is 5.26 Å². The molecule has 0 spiro atoms. The molecule has 20 heavy (non-hydrogen) atoms. The summed E-state index contributed by atoms with van der Waals surface area (Å²) in [7, 11) is 0. The number of hydrogen-bond acceptors (Lipinski definition) is 3. The van der Waals surface area contributed by atoms with Gasteiger partial charge in [-0.1, -0.05) is 12.1 Å². The van der Waals surface area contributed by atoms with Crippen molar-refractivity contribution in [3.05, 3.63) is 42.1 Å². The summed E-state index contributed by atoms with van der Waals surface area (Å²) in [6.45, 7) is -0.00613. The van der Waals surface area contributed by atoms with Crippen molar-refractivity contribution in [1.29, 1.82) is 5.26 Å². The number of rotatable bonds is 2. The molecule has 0 atom stereocenters. The zero-order valence-electron chi connectivity index (χ0n) is 10.6. The molecule has 3 rings (SSSR count). The molecule has 1 aliphatic rings. The highest BCUT2D eigenvalue weighted by Crippen LogP contribution is 2.30. The molecule has 1 aliphatic heterocycles. The molecular formula is C14H12F2N4. The summed E-state index contributed by atoms with van der Waals surface area (Å²) in [6.07, 6.45) is 1.54. The predicted octanol–water partition coefficient (Wildman–Crippen LogP) is 2.59. The molecule has 1 fully saturated rings. The molecule has 1 aromatic heterocycles. The Bertz CT molecular complexity index is 672. The van der Waals surface area contributed by atoms with E-state index in [0.29, 0.717) is 23.6 Å². The monoisotopic (exact) mass is 274 g/mol. The van der Waals surface area contributed by atoms with Crippen LogP contribution in [0.1, 0.15) is 12.0 Å². The summed E-state index contributed by atoms with van der Waals surface area (Å²) >= 11 is 0. The summed E-state index contributed by atoms with van der Waals surface area (Å²) in [5.41, 5.74) is 1.14. The molecule has 1 saturated heterocycles. The minimum Gasteiger partial charge on any atom is -0.349 e. The Morgan fingerprint density at radius 2 is 2.05 bits per heavy atom. The first kappa shape index (κ1) is 12.6. The van der Waals surface area contributed by atoms with Crippen molar-refractivity contribution in [2.45, 2.75) is 12.3 Å². The van der Waals surface area contributed by atoms with Crippen LogP contribution >= 0.6 is 0 Å². The van der Waals surface area contributed by atoms with E-state index in [1.165, 1.54) is 0 Å². The van der Waals surface area contributed by atoms with Crippen molar-refractivity contribution in [1.82, 2.24) is 9.78 Å². The fraction of sp³-hybridized carbons (Fsp3) is 0.286. The molecule has 4 nitrogen and oxygen atoms in total. The number of hydrogen-bond donors (Lipinski definition) is 0. The Kier molecular flexibility index (Phi) is 2.90. The van der Waals surface area contributed by atoms with Gasteiger partial charge >= 0.3 is 0 Å². The van der Waals surface area contributed by atoms with Crippen LogP contribution in [0.15, 0.2) is 36.5 Å². The second-order valence-corrected chi connectivity index (χ2v) is 4.77. The lowest BCUT2D eigenvalue weighted by Gasteiger charge is -2.14. The van der Waals surface area contributed by atoms with Crippen LogP contribution < -0.4 is 4.90 Å². The second kappa shape index (κ2) is 4.60. The van der Waals surface area contributed by atoms with Crippen LogP contribution in [0, 0.1) is 11.3 Å². The highest BCUT2D eigenvalue weighted by Gasteiger charge is 2.39. The van der Waals surface area contributed by atoms with E-state index in [2.05, 4.69) is 11.2 Å². The Balaban J connectivity index is 1.90. The molecule has 2 heterocycles. The molecule has 0 unspecified atom stereocenters. The standard InChI is InChI=1S/C14H12F2N4/c15-14(16)6-8-19(10-14)13-5-7-20(18-13)12-4-2-1-3-11(12)9-17/h1-5,7H,6,8,10H2. The lowest BCUT2D eigenvalue weighted by molar-refractivity contribution is 0.0256. The first-order valence-electron chi connectivity index (χ1n) is 6.27. The van der Waals surface area contributed by atoms with Gasteiger partial charge in [0.1, 0.15) is 6.07 Å². The van der Waals surface area contributed by atoms with Gasteiger partial charge in [-0.25, -0.2) is 13.5 Å². The molecule has 0 radical (unpaired) electrons. The quantitative estimate of drug-likeness (QED) is 0.845. The molecular weight excluding hydrogens is 262 g/mol. The third kappa shape index (κ3) is 2.23. The number of alkyl halides is 2. The number of halogens is 2. The molecule has 2 aromatic rings. The van der Waals surface area contributed by atoms with Gasteiger partial charge in [0.15, 0.2) is 5.82 Å². The Hall–Kier alpha value is -2.42. The summed E-state index contributed by atoms with van der Waals surface area (Å²) in [6, 6.07) is 10.8. The van der Waals surface area contributed by atoms with E-state index in [1.54, 1.807) is 40.0 Å². The van der Waals surface area contributed by atoms with E-state index < -0.39 is 5.92 Å². The number of benzene rings is 1. The third-order valence-electron chi connectivity index (χ3n) is 3.34. The maximum absolute atomic E-state index is 13.2. The Morgan fingerprint density at radius 1 is 1.25 bits per heavy atom. The summed E-state index contributed by atoms with van der Waals surface area (Å²) in [5, 5.41) is 13.4. The first-order chi connectivity index (χ1) is 9.59. The topological polar surface area (TPSA) is 44.9 Å². The highest BCUT2D eigenvalue weighted by molar-refractivity contribution is 5.50. The third-order valence-corrected chi connectivity index (χ3v) is 3.34. The van der Waals surface area contributed by atoms with Gasteiger partial charge < -0.3 is 4.90 Å². The highest BCUT2D eigenvalue weighted by atomic mass is 19.3. The minimum atomic E-state index is -2.64. The largest absolute Gasteiger partial charge is 0.349 e. The second-order valence-electron chi connectivity index (χ2n) is 4.77. The lowest BCUT2D eigenvalue weighted by Crippen LogP contribution is -2.25. The van der Waals surface area contributed by atoms with Crippen LogP contribution in [0.4, 0.5) is 14.6 Å². The number of anilines is 1. The van der Waals surface area contributed by atoms with E-state index in [-0.39, 0.29) is 13.0 Å². The maximum Gasteiger partial charge on any atom is 0.266 e. The summed E-state index contributed by atoms with van der Waals surface area (Å²) in [4.78, 5) is 1.56. The zero-order chi connectivity index (χ0) is 14.2. The molecule has 0 bridgehead atoms. The van der Waals surface area contributed by atoms with Gasteiger partial charge in [0.25, 0.3) is 5.92 Å². The smallest absolute Gasteiger partial charge is 0.266 e. The van der Waals surface area contributed by atoms with Crippen molar-refractivity contribution in [2.24, 2.45) is 0 Å². The van der Waals surface area contributed by atoms with Crippen molar-refractivity contribution in [3.63, 3.8) is 0 Å². The Morgan fingerprint density at radius 3 is 2.75 bits per heavy atom. The van der Waals surface area contributed by atoms with Crippen LogP contribution in [0.25, 0.3) is 5.69 Å². The van der Waals surface area contributed by atoms with E-state index in [0.717, 1.165) is 0 Å². The fourth-order valence-electron chi connectivity index (χ4n) is 2.32. The van der Waals surface area contributed by atoms with Crippen molar-refractivity contribution < 1.29 is 8.78 Å². The first-order valence-corrected chi connectivity index (χ1v) is 6.27. The number of aromatic nitrogens is 2. The van der Waals surface area contributed by atoms with E-state index in [1.807, 2.05) is 6.07 Å². The van der Waals surface area contributed by atoms with Crippen LogP contribution in [-0.4, -0.2) is 28.8 Å². The molecule has 6 heteroatoms. The number of para-hydroxylation sites is 1. The average Bonchev–Trinajstić information content (AvgIpc) is 3.05. The number of nitriles is 1. The van der Waals surface area contributed by atoms with Crippen LogP contribution in [0.3, 0.4) is 0 Å². The normalized spacial score (nSPS) is 17.1. The minimum absolute atomic E-state index is 0.144. The van der Waals surface area contributed by atoms with E-state index >= 15 is 0 Å². The molecule has 0 N–H and O–H groups in total. The van der Waals surface area contributed by atoms with Crippen LogP contribution in [0.5, 0.6) is 0 Å². The van der Waals surface area contributed by atoms with Crippen molar-refractivity contribution in [2.75, 3.05) is 18.0 Å². The fourth-order valence-corrected chi connectivity index (χ4v) is 2.32. The van der Waals surface area contributed by atoms with Crippen molar-refractivity contribution >= 4 is 5.82 Å². The predicted molar refractivity (Wildman–Crippen MR) is 70.1 cm³/mol. The number of nitrogens with zero attached hydrogens (tertiary/aromatic N) is 4. The molecule has 1 aromatic carbocycles. The van der Waals surface area contributed by atoms with Crippen LogP contribution in [-0.2, 0) is 0 Å². The van der Waals surface area contributed by atoms with Crippen molar-refractivity contribution in [3.8, 4) is 11.8 Å². The zero-order valence-corrected chi connectivity index (χ0v) is 10.6. The maximum atomic E-state index is 13.2. The molecule has 0 aliphatic carbocycles. The van der Waals surface area contributed by atoms with Gasteiger partial charge in [0, 0.05) is 25.2 Å². The molecule has 0 saturated carbocycles. The van der Waals surface area contributed by atoms with Gasteiger partial charge in [-0.15, -0.1) is 0 Å². The van der Waals surface area contributed by atoms with Gasteiger partial charge in [0.05, 0.1) is 17.8 Å². The van der Waals surface area contributed by atoms with Gasteiger partial charge in [-0.3, -0.25) is 0 Å². The van der Waals surface area contributed by atoms with E-state index in [9.17, 15) is 8.78 Å². The van der Waals surface area contributed by atoms with Gasteiger partial charge in [0.2, 0.25) is 0 Å². The van der Waals surface area contributed by atoms with Crippen LogP contribution in [0.2, 0.25) is 0 Å². The summed E-state index contributed by atoms with van der Waals surface area (Å²) in [5.74, 6) is -2.14. The summed E-state index contributed by atoms with van der Waals surface area (Å²) < 4.78 is 28.0. The average molecular weight is 274 g/mol. The van der Waals surface area contributed by atoms with Gasteiger partial charge in [-0.05, 0) is 12.1 Å². The lowest BCUT2D eigenvalue weighted by atomic mass is 10.2. The van der Waals surface area contributed by atoms with Gasteiger partial charge in [-0.2, -0.15) is 10.4 Å². The SMILES string of the molecule is N#Cc1ccccc1-n1ccc(N2CCC(F)(F)C2)n1. The molecule has 0 amide bonds. The molecule has 102 valence electrons. The Labute approximate surface area is 114 Å².